The largest absolute Gasteiger partial charge is 0.496 e. The molecule has 1 saturated heterocycles. The van der Waals surface area contributed by atoms with Gasteiger partial charge in [-0.15, -0.1) is 0 Å². The fourth-order valence-electron chi connectivity index (χ4n) is 4.33. The summed E-state index contributed by atoms with van der Waals surface area (Å²) in [7, 11) is 1.65. The third-order valence-corrected chi connectivity index (χ3v) is 5.99. The van der Waals surface area contributed by atoms with Crippen molar-refractivity contribution < 1.29 is 14.3 Å². The van der Waals surface area contributed by atoms with Gasteiger partial charge in [-0.1, -0.05) is 54.6 Å². The third kappa shape index (κ3) is 4.71. The average Bonchev–Trinajstić information content (AvgIpc) is 2.83. The summed E-state index contributed by atoms with van der Waals surface area (Å²) in [6, 6.07) is 21.6. The van der Waals surface area contributed by atoms with Crippen LogP contribution in [-0.2, 0) is 11.2 Å². The number of hydrogen-bond donors (Lipinski definition) is 1. The number of para-hydroxylation sites is 1. The van der Waals surface area contributed by atoms with Crippen LogP contribution in [-0.4, -0.2) is 43.5 Å². The highest BCUT2D eigenvalue weighted by molar-refractivity contribution is 6.07. The predicted octanol–water partition coefficient (Wildman–Crippen LogP) is 4.06. The Morgan fingerprint density at radius 1 is 1.03 bits per heavy atom. The molecular weight excluding hydrogens is 388 g/mol. The summed E-state index contributed by atoms with van der Waals surface area (Å²) >= 11 is 0. The Morgan fingerprint density at radius 3 is 2.68 bits per heavy atom. The number of likely N-dealkylation sites (tertiary alicyclic amines) is 1. The number of fused-ring (bicyclic) bond motifs is 1. The molecule has 3 aromatic carbocycles. The number of rotatable bonds is 6. The summed E-state index contributed by atoms with van der Waals surface area (Å²) in [6.45, 7) is 1.70. The van der Waals surface area contributed by atoms with Gasteiger partial charge >= 0.3 is 0 Å². The van der Waals surface area contributed by atoms with Crippen molar-refractivity contribution in [2.45, 2.75) is 19.3 Å². The van der Waals surface area contributed by atoms with Crippen molar-refractivity contribution in [2.24, 2.45) is 5.92 Å². The van der Waals surface area contributed by atoms with Gasteiger partial charge in [0, 0.05) is 25.2 Å². The molecule has 2 amide bonds. The normalized spacial score (nSPS) is 16.2. The van der Waals surface area contributed by atoms with Crippen molar-refractivity contribution >= 4 is 22.6 Å². The number of benzene rings is 3. The molecule has 0 aromatic heterocycles. The predicted molar refractivity (Wildman–Crippen MR) is 122 cm³/mol. The Morgan fingerprint density at radius 2 is 1.81 bits per heavy atom. The van der Waals surface area contributed by atoms with Gasteiger partial charge < -0.3 is 15.0 Å². The van der Waals surface area contributed by atoms with E-state index >= 15 is 0 Å². The van der Waals surface area contributed by atoms with Gasteiger partial charge in [0.05, 0.1) is 13.0 Å². The Labute approximate surface area is 183 Å². The van der Waals surface area contributed by atoms with E-state index in [0.717, 1.165) is 34.9 Å². The van der Waals surface area contributed by atoms with Gasteiger partial charge in [0.25, 0.3) is 5.91 Å². The van der Waals surface area contributed by atoms with Crippen molar-refractivity contribution in [2.75, 3.05) is 26.7 Å². The fraction of sp³-hybridized carbons (Fsp3) is 0.308. The summed E-state index contributed by atoms with van der Waals surface area (Å²) in [4.78, 5) is 27.8. The van der Waals surface area contributed by atoms with E-state index in [-0.39, 0.29) is 17.7 Å². The maximum atomic E-state index is 13.2. The number of ether oxygens (including phenoxy) is 1. The zero-order valence-corrected chi connectivity index (χ0v) is 17.8. The Bertz CT molecular complexity index is 1070. The maximum Gasteiger partial charge on any atom is 0.254 e. The molecule has 5 nitrogen and oxygen atoms in total. The van der Waals surface area contributed by atoms with Crippen LogP contribution in [0.25, 0.3) is 10.8 Å². The number of carbonyl (C=O) groups is 2. The Balaban J connectivity index is 1.37. The number of hydrogen-bond acceptors (Lipinski definition) is 3. The van der Waals surface area contributed by atoms with Gasteiger partial charge in [-0.25, -0.2) is 0 Å². The molecule has 1 N–H and O–H groups in total. The molecule has 5 heteroatoms. The average molecular weight is 417 g/mol. The van der Waals surface area contributed by atoms with Crippen molar-refractivity contribution in [3.05, 3.63) is 77.9 Å². The molecule has 0 radical (unpaired) electrons. The first-order valence-corrected chi connectivity index (χ1v) is 10.8. The van der Waals surface area contributed by atoms with Crippen LogP contribution >= 0.6 is 0 Å². The van der Waals surface area contributed by atoms with E-state index in [1.165, 1.54) is 0 Å². The Hall–Kier alpha value is -3.34. The smallest absolute Gasteiger partial charge is 0.254 e. The highest BCUT2D eigenvalue weighted by Gasteiger charge is 2.29. The number of piperidine rings is 1. The van der Waals surface area contributed by atoms with E-state index < -0.39 is 0 Å². The van der Waals surface area contributed by atoms with Crippen LogP contribution in [0.2, 0.25) is 0 Å². The molecule has 1 heterocycles. The van der Waals surface area contributed by atoms with E-state index in [2.05, 4.69) is 5.32 Å². The topological polar surface area (TPSA) is 58.6 Å². The number of methoxy groups -OCH3 is 1. The molecule has 0 bridgehead atoms. The number of nitrogens with one attached hydrogen (secondary N) is 1. The highest BCUT2D eigenvalue weighted by Crippen LogP contribution is 2.24. The van der Waals surface area contributed by atoms with Crippen molar-refractivity contribution in [1.82, 2.24) is 10.2 Å². The first-order chi connectivity index (χ1) is 15.2. The van der Waals surface area contributed by atoms with Crippen molar-refractivity contribution in [3.63, 3.8) is 0 Å². The molecular formula is C26H28N2O3. The lowest BCUT2D eigenvalue weighted by atomic mass is 9.95. The quantitative estimate of drug-likeness (QED) is 0.659. The molecule has 1 aliphatic rings. The molecule has 31 heavy (non-hydrogen) atoms. The third-order valence-electron chi connectivity index (χ3n) is 5.99. The number of nitrogens with zero attached hydrogens (tertiary/aromatic N) is 1. The molecule has 4 rings (SSSR count). The van der Waals surface area contributed by atoms with Crippen LogP contribution in [0, 0.1) is 5.92 Å². The lowest BCUT2D eigenvalue weighted by Crippen LogP contribution is -2.45. The van der Waals surface area contributed by atoms with E-state index in [9.17, 15) is 9.59 Å². The molecule has 1 fully saturated rings. The lowest BCUT2D eigenvalue weighted by Gasteiger charge is -2.32. The van der Waals surface area contributed by atoms with Gasteiger partial charge in [0.15, 0.2) is 0 Å². The zero-order chi connectivity index (χ0) is 21.6. The summed E-state index contributed by atoms with van der Waals surface area (Å²) in [5.41, 5.74) is 1.78. The van der Waals surface area contributed by atoms with Crippen LogP contribution in [0.1, 0.15) is 28.8 Å². The summed E-state index contributed by atoms with van der Waals surface area (Å²) in [5, 5.41) is 5.06. The highest BCUT2D eigenvalue weighted by atomic mass is 16.5. The van der Waals surface area contributed by atoms with Crippen LogP contribution < -0.4 is 10.1 Å². The first kappa shape index (κ1) is 20.9. The fourth-order valence-corrected chi connectivity index (χ4v) is 4.33. The summed E-state index contributed by atoms with van der Waals surface area (Å²) in [5.74, 6) is 0.681. The molecule has 0 spiro atoms. The van der Waals surface area contributed by atoms with Gasteiger partial charge in [-0.05, 0) is 47.7 Å². The molecule has 1 aliphatic heterocycles. The second-order valence-electron chi connectivity index (χ2n) is 7.97. The van der Waals surface area contributed by atoms with Crippen LogP contribution in [0.15, 0.2) is 66.7 Å². The van der Waals surface area contributed by atoms with Crippen LogP contribution in [0.5, 0.6) is 5.75 Å². The van der Waals surface area contributed by atoms with Gasteiger partial charge in [0.2, 0.25) is 5.91 Å². The minimum absolute atomic E-state index is 0.00308. The monoisotopic (exact) mass is 416 g/mol. The van der Waals surface area contributed by atoms with Gasteiger partial charge in [0.1, 0.15) is 5.75 Å². The number of carbonyl (C=O) groups excluding carboxylic acids is 2. The second-order valence-corrected chi connectivity index (χ2v) is 7.97. The zero-order valence-electron chi connectivity index (χ0n) is 17.8. The van der Waals surface area contributed by atoms with E-state index in [1.807, 2.05) is 71.6 Å². The van der Waals surface area contributed by atoms with E-state index in [0.29, 0.717) is 31.6 Å². The van der Waals surface area contributed by atoms with Crippen molar-refractivity contribution in [1.29, 1.82) is 0 Å². The molecule has 160 valence electrons. The maximum absolute atomic E-state index is 13.2. The SMILES string of the molecule is COc1ccccc1CCNC(=O)C1CCCN(C(=O)c2cccc3ccccc23)C1. The van der Waals surface area contributed by atoms with Gasteiger partial charge in [-0.3, -0.25) is 9.59 Å². The molecule has 1 unspecified atom stereocenters. The minimum Gasteiger partial charge on any atom is -0.496 e. The molecule has 0 aliphatic carbocycles. The lowest BCUT2D eigenvalue weighted by molar-refractivity contribution is -0.126. The molecule has 1 atom stereocenters. The minimum atomic E-state index is -0.176. The number of amides is 2. The standard InChI is InChI=1S/C26H28N2O3/c1-31-24-14-5-3-9-20(24)15-16-27-25(29)21-11-7-17-28(18-21)26(30)23-13-6-10-19-8-2-4-12-22(19)23/h2-6,8-10,12-14,21H,7,11,15-18H2,1H3,(H,27,29). The Kier molecular flexibility index (Phi) is 6.51. The van der Waals surface area contributed by atoms with E-state index in [1.54, 1.807) is 7.11 Å². The molecule has 3 aromatic rings. The molecule has 0 saturated carbocycles. The summed E-state index contributed by atoms with van der Waals surface area (Å²) < 4.78 is 5.38. The second kappa shape index (κ2) is 9.65. The van der Waals surface area contributed by atoms with Gasteiger partial charge in [-0.2, -0.15) is 0 Å². The van der Waals surface area contributed by atoms with Crippen LogP contribution in [0.4, 0.5) is 0 Å². The van der Waals surface area contributed by atoms with E-state index in [4.69, 9.17) is 4.74 Å². The van der Waals surface area contributed by atoms with Crippen LogP contribution in [0.3, 0.4) is 0 Å². The van der Waals surface area contributed by atoms with Crippen molar-refractivity contribution in [3.8, 4) is 5.75 Å². The summed E-state index contributed by atoms with van der Waals surface area (Å²) in [6.07, 6.45) is 2.35. The first-order valence-electron chi connectivity index (χ1n) is 10.8.